The van der Waals surface area contributed by atoms with Crippen LogP contribution >= 0.6 is 0 Å². The van der Waals surface area contributed by atoms with Gasteiger partial charge in [-0.25, -0.2) is 4.79 Å². The van der Waals surface area contributed by atoms with Gasteiger partial charge >= 0.3 is 5.97 Å². The van der Waals surface area contributed by atoms with Crippen molar-refractivity contribution in [1.29, 1.82) is 0 Å². The first-order chi connectivity index (χ1) is 8.13. The van der Waals surface area contributed by atoms with Gasteiger partial charge in [-0.15, -0.1) is 0 Å². The van der Waals surface area contributed by atoms with E-state index in [9.17, 15) is 9.90 Å². The molecule has 0 saturated heterocycles. The molecule has 17 heavy (non-hydrogen) atoms. The number of hydrogen-bond acceptors (Lipinski definition) is 2. The van der Waals surface area contributed by atoms with Crippen molar-refractivity contribution < 1.29 is 15.0 Å². The number of aromatic amines is 1. The number of para-hydroxylation sites is 1. The van der Waals surface area contributed by atoms with Crippen LogP contribution in [-0.4, -0.2) is 21.2 Å². The highest BCUT2D eigenvalue weighted by Crippen LogP contribution is 2.32. The molecule has 0 aliphatic heterocycles. The maximum Gasteiger partial charge on any atom is 0.352 e. The zero-order valence-electron chi connectivity index (χ0n) is 9.40. The van der Waals surface area contributed by atoms with Crippen molar-refractivity contribution in [3.05, 3.63) is 41.7 Å². The minimum absolute atomic E-state index is 0.0802. The van der Waals surface area contributed by atoms with E-state index in [2.05, 4.69) is 4.98 Å². The minimum Gasteiger partial charge on any atom is -0.507 e. The molecule has 2 rings (SSSR count). The summed E-state index contributed by atoms with van der Waals surface area (Å²) in [7, 11) is 0. The quantitative estimate of drug-likeness (QED) is 0.760. The molecule has 0 fully saturated rings. The van der Waals surface area contributed by atoms with Crippen LogP contribution < -0.4 is 0 Å². The van der Waals surface area contributed by atoms with Crippen molar-refractivity contribution >= 4 is 5.97 Å². The van der Waals surface area contributed by atoms with Crippen molar-refractivity contribution in [2.75, 3.05) is 0 Å². The molecule has 0 bridgehead atoms. The number of rotatable bonds is 3. The van der Waals surface area contributed by atoms with Crippen LogP contribution in [0.25, 0.3) is 11.1 Å². The van der Waals surface area contributed by atoms with Crippen LogP contribution in [-0.2, 0) is 6.42 Å². The summed E-state index contributed by atoms with van der Waals surface area (Å²) in [4.78, 5) is 14.0. The molecular weight excluding hydrogens is 218 g/mol. The third-order valence-electron chi connectivity index (χ3n) is 2.66. The molecule has 0 saturated carbocycles. The number of aromatic nitrogens is 1. The van der Waals surface area contributed by atoms with Crippen molar-refractivity contribution in [1.82, 2.24) is 4.98 Å². The average Bonchev–Trinajstić information content (AvgIpc) is 2.73. The van der Waals surface area contributed by atoms with Crippen LogP contribution in [0.3, 0.4) is 0 Å². The van der Waals surface area contributed by atoms with E-state index in [0.717, 1.165) is 5.69 Å². The Balaban J connectivity index is 2.62. The number of benzene rings is 1. The second-order valence-electron chi connectivity index (χ2n) is 3.76. The van der Waals surface area contributed by atoms with Crippen molar-refractivity contribution in [3.63, 3.8) is 0 Å². The number of H-pyrrole nitrogens is 1. The second-order valence-corrected chi connectivity index (χ2v) is 3.76. The van der Waals surface area contributed by atoms with Gasteiger partial charge in [-0.3, -0.25) is 0 Å². The Kier molecular flexibility index (Phi) is 2.87. The van der Waals surface area contributed by atoms with Gasteiger partial charge in [0.1, 0.15) is 11.4 Å². The summed E-state index contributed by atoms with van der Waals surface area (Å²) in [6, 6.07) is 8.47. The lowest BCUT2D eigenvalue weighted by Crippen LogP contribution is -1.99. The molecule has 0 radical (unpaired) electrons. The Bertz CT molecular complexity index is 558. The Hall–Kier alpha value is -2.23. The van der Waals surface area contributed by atoms with Gasteiger partial charge in [0.25, 0.3) is 0 Å². The van der Waals surface area contributed by atoms with Crippen molar-refractivity contribution in [3.8, 4) is 16.9 Å². The Morgan fingerprint density at radius 3 is 2.59 bits per heavy atom. The summed E-state index contributed by atoms with van der Waals surface area (Å²) < 4.78 is 0. The molecule has 0 amide bonds. The molecule has 0 aliphatic rings. The molecule has 4 nitrogen and oxygen atoms in total. The molecule has 0 unspecified atom stereocenters. The summed E-state index contributed by atoms with van der Waals surface area (Å²) in [5, 5.41) is 18.9. The predicted molar refractivity (Wildman–Crippen MR) is 64.2 cm³/mol. The third kappa shape index (κ3) is 2.01. The fourth-order valence-electron chi connectivity index (χ4n) is 1.78. The molecule has 0 spiro atoms. The summed E-state index contributed by atoms with van der Waals surface area (Å²) in [5.41, 5.74) is 2.00. The molecule has 0 aliphatic carbocycles. The summed E-state index contributed by atoms with van der Waals surface area (Å²) >= 11 is 0. The highest BCUT2D eigenvalue weighted by molar-refractivity contribution is 5.95. The first-order valence-corrected chi connectivity index (χ1v) is 5.37. The molecule has 4 heteroatoms. The molecule has 2 aromatic rings. The maximum atomic E-state index is 11.1. The van der Waals surface area contributed by atoms with E-state index in [0.29, 0.717) is 17.5 Å². The van der Waals surface area contributed by atoms with Gasteiger partial charge in [-0.1, -0.05) is 25.1 Å². The maximum absolute atomic E-state index is 11.1. The van der Waals surface area contributed by atoms with Gasteiger partial charge in [-0.05, 0) is 18.6 Å². The Labute approximate surface area is 98.5 Å². The number of hydrogen-bond donors (Lipinski definition) is 3. The Morgan fingerprint density at radius 2 is 2.00 bits per heavy atom. The second kappa shape index (κ2) is 4.33. The highest BCUT2D eigenvalue weighted by atomic mass is 16.4. The van der Waals surface area contributed by atoms with Crippen LogP contribution in [0.5, 0.6) is 5.75 Å². The lowest BCUT2D eigenvalue weighted by Gasteiger charge is -2.02. The zero-order chi connectivity index (χ0) is 12.4. The van der Waals surface area contributed by atoms with Crippen LogP contribution in [0, 0.1) is 0 Å². The molecular formula is C13H13NO3. The van der Waals surface area contributed by atoms with E-state index >= 15 is 0 Å². The smallest absolute Gasteiger partial charge is 0.352 e. The lowest BCUT2D eigenvalue weighted by molar-refractivity contribution is 0.0692. The van der Waals surface area contributed by atoms with E-state index in [1.165, 1.54) is 0 Å². The van der Waals surface area contributed by atoms with Gasteiger partial charge in [0.2, 0.25) is 0 Å². The van der Waals surface area contributed by atoms with Crippen LogP contribution in [0.2, 0.25) is 0 Å². The molecule has 1 heterocycles. The molecule has 1 aromatic heterocycles. The van der Waals surface area contributed by atoms with E-state index in [-0.39, 0.29) is 11.4 Å². The monoisotopic (exact) mass is 231 g/mol. The summed E-state index contributed by atoms with van der Waals surface area (Å²) in [5.74, 6) is -0.945. The van der Waals surface area contributed by atoms with Crippen molar-refractivity contribution in [2.24, 2.45) is 0 Å². The number of aromatic carboxylic acids is 1. The first kappa shape index (κ1) is 11.3. The number of carbonyl (C=O) groups is 1. The van der Waals surface area contributed by atoms with Gasteiger partial charge in [-0.2, -0.15) is 0 Å². The molecule has 3 N–H and O–H groups in total. The number of carboxylic acids is 1. The zero-order valence-corrected chi connectivity index (χ0v) is 9.40. The summed E-state index contributed by atoms with van der Waals surface area (Å²) in [6.07, 6.45) is 0.716. The summed E-state index contributed by atoms with van der Waals surface area (Å²) in [6.45, 7) is 1.94. The van der Waals surface area contributed by atoms with Crippen LogP contribution in [0.15, 0.2) is 30.3 Å². The fraction of sp³-hybridized carbons (Fsp3) is 0.154. The van der Waals surface area contributed by atoms with E-state index in [1.807, 2.05) is 6.92 Å². The normalized spacial score (nSPS) is 10.4. The number of carboxylic acid groups (broad SMARTS) is 1. The number of phenolic OH excluding ortho intramolecular Hbond substituents is 1. The SMILES string of the molecule is CCc1cc(-c2ccccc2O)c(C(=O)O)[nH]1. The predicted octanol–water partition coefficient (Wildman–Crippen LogP) is 2.65. The number of nitrogens with one attached hydrogen (secondary N) is 1. The topological polar surface area (TPSA) is 73.3 Å². The van der Waals surface area contributed by atoms with E-state index < -0.39 is 5.97 Å². The van der Waals surface area contributed by atoms with Crippen molar-refractivity contribution in [2.45, 2.75) is 13.3 Å². The van der Waals surface area contributed by atoms with Gasteiger partial charge in [0.15, 0.2) is 0 Å². The van der Waals surface area contributed by atoms with Crippen LogP contribution in [0.4, 0.5) is 0 Å². The number of phenols is 1. The average molecular weight is 231 g/mol. The van der Waals surface area contributed by atoms with Crippen LogP contribution in [0.1, 0.15) is 23.1 Å². The van der Waals surface area contributed by atoms with Gasteiger partial charge in [0, 0.05) is 16.8 Å². The highest BCUT2D eigenvalue weighted by Gasteiger charge is 2.17. The fourth-order valence-corrected chi connectivity index (χ4v) is 1.78. The molecule has 0 atom stereocenters. The first-order valence-electron chi connectivity index (χ1n) is 5.37. The molecule has 1 aromatic carbocycles. The van der Waals surface area contributed by atoms with Gasteiger partial charge < -0.3 is 15.2 Å². The Morgan fingerprint density at radius 1 is 1.29 bits per heavy atom. The number of aromatic hydroxyl groups is 1. The van der Waals surface area contributed by atoms with E-state index in [4.69, 9.17) is 5.11 Å². The van der Waals surface area contributed by atoms with E-state index in [1.54, 1.807) is 30.3 Å². The number of aryl methyl sites for hydroxylation is 1. The lowest BCUT2D eigenvalue weighted by atomic mass is 10.0. The standard InChI is InChI=1S/C13H13NO3/c1-2-8-7-10(12(14-8)13(16)17)9-5-3-4-6-11(9)15/h3-7,14-15H,2H2,1H3,(H,16,17). The third-order valence-corrected chi connectivity index (χ3v) is 2.66. The molecule has 88 valence electrons. The van der Waals surface area contributed by atoms with Gasteiger partial charge in [0.05, 0.1) is 0 Å². The largest absolute Gasteiger partial charge is 0.507 e. The minimum atomic E-state index is -1.03.